The lowest BCUT2D eigenvalue weighted by atomic mass is 9.77. The molecule has 2 aliphatic rings. The Labute approximate surface area is 101 Å². The summed E-state index contributed by atoms with van der Waals surface area (Å²) < 4.78 is 0. The van der Waals surface area contributed by atoms with Crippen LogP contribution in [0.15, 0.2) is 0 Å². The molecule has 2 heteroatoms. The van der Waals surface area contributed by atoms with Gasteiger partial charge in [0, 0.05) is 12.6 Å². The third-order valence-corrected chi connectivity index (χ3v) is 4.67. The van der Waals surface area contributed by atoms with Crippen molar-refractivity contribution in [1.82, 2.24) is 10.2 Å². The van der Waals surface area contributed by atoms with Gasteiger partial charge in [-0.3, -0.25) is 0 Å². The molecule has 16 heavy (non-hydrogen) atoms. The largest absolute Gasteiger partial charge is 0.313 e. The lowest BCUT2D eigenvalue weighted by Crippen LogP contribution is -2.45. The summed E-state index contributed by atoms with van der Waals surface area (Å²) >= 11 is 0. The Hall–Kier alpha value is -0.0800. The predicted molar refractivity (Wildman–Crippen MR) is 69.7 cm³/mol. The van der Waals surface area contributed by atoms with E-state index in [1.807, 2.05) is 0 Å². The van der Waals surface area contributed by atoms with Crippen LogP contribution < -0.4 is 5.32 Å². The molecule has 0 aromatic carbocycles. The van der Waals surface area contributed by atoms with Crippen molar-refractivity contribution in [2.45, 2.75) is 58.4 Å². The molecule has 1 saturated carbocycles. The summed E-state index contributed by atoms with van der Waals surface area (Å²) in [5, 5.41) is 3.51. The maximum absolute atomic E-state index is 3.51. The maximum atomic E-state index is 3.51. The minimum Gasteiger partial charge on any atom is -0.313 e. The van der Waals surface area contributed by atoms with Crippen LogP contribution in [0.4, 0.5) is 0 Å². The second kappa shape index (κ2) is 5.50. The van der Waals surface area contributed by atoms with E-state index in [1.165, 1.54) is 58.2 Å². The van der Waals surface area contributed by atoms with Gasteiger partial charge in [0.2, 0.25) is 0 Å². The smallest absolute Gasteiger partial charge is 0.0166 e. The van der Waals surface area contributed by atoms with Crippen LogP contribution in [0.5, 0.6) is 0 Å². The normalized spacial score (nSPS) is 27.4. The lowest BCUT2D eigenvalue weighted by Gasteiger charge is -2.40. The van der Waals surface area contributed by atoms with Crippen molar-refractivity contribution in [3.63, 3.8) is 0 Å². The molecule has 1 aliphatic carbocycles. The first-order valence-corrected chi connectivity index (χ1v) is 7.20. The summed E-state index contributed by atoms with van der Waals surface area (Å²) in [6.45, 7) is 9.53. The van der Waals surface area contributed by atoms with E-state index in [0.29, 0.717) is 6.04 Å². The minimum atomic E-state index is 0.655. The zero-order valence-electron chi connectivity index (χ0n) is 11.1. The molecule has 1 spiro atoms. The van der Waals surface area contributed by atoms with Gasteiger partial charge in [0.15, 0.2) is 0 Å². The average molecular weight is 224 g/mol. The molecule has 94 valence electrons. The van der Waals surface area contributed by atoms with E-state index in [4.69, 9.17) is 0 Å². The third-order valence-electron chi connectivity index (χ3n) is 4.67. The second-order valence-electron chi connectivity index (χ2n) is 5.97. The molecule has 0 radical (unpaired) electrons. The average Bonchev–Trinajstić information content (AvgIpc) is 2.71. The Morgan fingerprint density at radius 1 is 1.12 bits per heavy atom. The topological polar surface area (TPSA) is 15.3 Å². The summed E-state index contributed by atoms with van der Waals surface area (Å²) in [7, 11) is 0. The van der Waals surface area contributed by atoms with Crippen LogP contribution in [0.25, 0.3) is 0 Å². The SMILES string of the molecule is CCNC(C)CN1CCC2(CCCC2)CC1. The monoisotopic (exact) mass is 224 g/mol. The summed E-state index contributed by atoms with van der Waals surface area (Å²) in [6.07, 6.45) is 8.95. The van der Waals surface area contributed by atoms with Crippen molar-refractivity contribution in [1.29, 1.82) is 0 Å². The van der Waals surface area contributed by atoms with E-state index in [1.54, 1.807) is 0 Å². The molecule has 0 bridgehead atoms. The molecule has 0 aromatic rings. The summed E-state index contributed by atoms with van der Waals surface area (Å²) in [5.41, 5.74) is 0.776. The Morgan fingerprint density at radius 2 is 1.75 bits per heavy atom. The molecule has 1 N–H and O–H groups in total. The number of rotatable bonds is 4. The summed E-state index contributed by atoms with van der Waals surface area (Å²) in [6, 6.07) is 0.655. The number of likely N-dealkylation sites (N-methyl/N-ethyl adjacent to an activating group) is 1. The van der Waals surface area contributed by atoms with Crippen LogP contribution in [-0.4, -0.2) is 37.1 Å². The lowest BCUT2D eigenvalue weighted by molar-refractivity contribution is 0.102. The third kappa shape index (κ3) is 2.98. The number of hydrogen-bond acceptors (Lipinski definition) is 2. The fourth-order valence-electron chi connectivity index (χ4n) is 3.64. The molecule has 1 atom stereocenters. The number of likely N-dealkylation sites (tertiary alicyclic amines) is 1. The van der Waals surface area contributed by atoms with Crippen LogP contribution in [0.2, 0.25) is 0 Å². The summed E-state index contributed by atoms with van der Waals surface area (Å²) in [5.74, 6) is 0. The number of hydrogen-bond donors (Lipinski definition) is 1. The Morgan fingerprint density at radius 3 is 2.31 bits per heavy atom. The number of nitrogens with one attached hydrogen (secondary N) is 1. The zero-order valence-corrected chi connectivity index (χ0v) is 11.1. The van der Waals surface area contributed by atoms with Gasteiger partial charge in [0.05, 0.1) is 0 Å². The molecule has 2 rings (SSSR count). The van der Waals surface area contributed by atoms with Gasteiger partial charge in [-0.05, 0) is 57.7 Å². The van der Waals surface area contributed by atoms with E-state index < -0.39 is 0 Å². The van der Waals surface area contributed by atoms with Gasteiger partial charge in [-0.2, -0.15) is 0 Å². The van der Waals surface area contributed by atoms with Gasteiger partial charge >= 0.3 is 0 Å². The molecule has 2 nitrogen and oxygen atoms in total. The molecule has 1 heterocycles. The first-order chi connectivity index (χ1) is 7.74. The van der Waals surface area contributed by atoms with Crippen LogP contribution in [0.3, 0.4) is 0 Å². The van der Waals surface area contributed by atoms with Crippen molar-refractivity contribution < 1.29 is 0 Å². The molecule has 2 fully saturated rings. The first-order valence-electron chi connectivity index (χ1n) is 7.20. The van der Waals surface area contributed by atoms with Gasteiger partial charge in [-0.25, -0.2) is 0 Å². The molecule has 0 amide bonds. The van der Waals surface area contributed by atoms with E-state index in [2.05, 4.69) is 24.1 Å². The predicted octanol–water partition coefficient (Wildman–Crippen LogP) is 2.64. The van der Waals surface area contributed by atoms with Crippen molar-refractivity contribution >= 4 is 0 Å². The van der Waals surface area contributed by atoms with E-state index >= 15 is 0 Å². The van der Waals surface area contributed by atoms with Crippen LogP contribution in [0.1, 0.15) is 52.4 Å². The molecule has 1 aliphatic heterocycles. The van der Waals surface area contributed by atoms with E-state index in [0.717, 1.165) is 12.0 Å². The highest BCUT2D eigenvalue weighted by Gasteiger charge is 2.36. The van der Waals surface area contributed by atoms with E-state index in [9.17, 15) is 0 Å². The van der Waals surface area contributed by atoms with Gasteiger partial charge in [-0.15, -0.1) is 0 Å². The molecular weight excluding hydrogens is 196 g/mol. The molecular formula is C14H28N2. The summed E-state index contributed by atoms with van der Waals surface area (Å²) in [4.78, 5) is 2.66. The standard InChI is InChI=1S/C14H28N2/c1-3-15-13(2)12-16-10-8-14(9-11-16)6-4-5-7-14/h13,15H,3-12H2,1-2H3. The molecule has 1 saturated heterocycles. The molecule has 0 aromatic heterocycles. The highest BCUT2D eigenvalue weighted by atomic mass is 15.2. The highest BCUT2D eigenvalue weighted by Crippen LogP contribution is 2.45. The highest BCUT2D eigenvalue weighted by molar-refractivity contribution is 4.90. The van der Waals surface area contributed by atoms with Crippen molar-refractivity contribution in [2.24, 2.45) is 5.41 Å². The second-order valence-corrected chi connectivity index (χ2v) is 5.97. The zero-order chi connectivity index (χ0) is 11.4. The van der Waals surface area contributed by atoms with Gasteiger partial charge in [-0.1, -0.05) is 19.8 Å². The Kier molecular flexibility index (Phi) is 4.26. The first kappa shape index (κ1) is 12.4. The van der Waals surface area contributed by atoms with Crippen LogP contribution in [0, 0.1) is 5.41 Å². The van der Waals surface area contributed by atoms with Crippen molar-refractivity contribution in [2.75, 3.05) is 26.2 Å². The quantitative estimate of drug-likeness (QED) is 0.790. The van der Waals surface area contributed by atoms with Gasteiger partial charge in [0.25, 0.3) is 0 Å². The van der Waals surface area contributed by atoms with Gasteiger partial charge in [0.1, 0.15) is 0 Å². The molecule has 1 unspecified atom stereocenters. The van der Waals surface area contributed by atoms with E-state index in [-0.39, 0.29) is 0 Å². The van der Waals surface area contributed by atoms with Gasteiger partial charge < -0.3 is 10.2 Å². The minimum absolute atomic E-state index is 0.655. The Bertz CT molecular complexity index is 199. The van der Waals surface area contributed by atoms with Crippen LogP contribution >= 0.6 is 0 Å². The maximum Gasteiger partial charge on any atom is 0.0166 e. The number of nitrogens with zero attached hydrogens (tertiary/aromatic N) is 1. The van der Waals surface area contributed by atoms with Crippen molar-refractivity contribution in [3.05, 3.63) is 0 Å². The fraction of sp³-hybridized carbons (Fsp3) is 1.00. The van der Waals surface area contributed by atoms with Crippen LogP contribution in [-0.2, 0) is 0 Å². The number of piperidine rings is 1. The Balaban J connectivity index is 1.72. The van der Waals surface area contributed by atoms with Crippen molar-refractivity contribution in [3.8, 4) is 0 Å². The fourth-order valence-corrected chi connectivity index (χ4v) is 3.64.